The van der Waals surface area contributed by atoms with Crippen molar-refractivity contribution < 1.29 is 18.0 Å². The minimum atomic E-state index is -3.34. The molecule has 0 aliphatic heterocycles. The van der Waals surface area contributed by atoms with E-state index in [0.717, 1.165) is 11.8 Å². The molecule has 8 heteroatoms. The van der Waals surface area contributed by atoms with Crippen LogP contribution in [0.3, 0.4) is 0 Å². The molecule has 2 amide bonds. The molecule has 0 heterocycles. The largest absolute Gasteiger partial charge is 0.352 e. The molecule has 0 saturated heterocycles. The highest BCUT2D eigenvalue weighted by atomic mass is 32.2. The van der Waals surface area contributed by atoms with Gasteiger partial charge in [0.15, 0.2) is 0 Å². The van der Waals surface area contributed by atoms with Crippen LogP contribution in [0.2, 0.25) is 0 Å². The van der Waals surface area contributed by atoms with Crippen molar-refractivity contribution in [3.05, 3.63) is 65.7 Å². The predicted octanol–water partition coefficient (Wildman–Crippen LogP) is 3.10. The van der Waals surface area contributed by atoms with Crippen molar-refractivity contribution >= 4 is 39.3 Å². The molecule has 0 spiro atoms. The number of anilines is 2. The van der Waals surface area contributed by atoms with Gasteiger partial charge in [-0.05, 0) is 41.8 Å². The summed E-state index contributed by atoms with van der Waals surface area (Å²) in [4.78, 5) is 24.6. The molecule has 0 aliphatic carbocycles. The molecule has 0 unspecified atom stereocenters. The monoisotopic (exact) mass is 415 g/mol. The molecule has 2 aromatic carbocycles. The van der Waals surface area contributed by atoms with Crippen LogP contribution in [0.1, 0.15) is 29.8 Å². The van der Waals surface area contributed by atoms with E-state index in [-0.39, 0.29) is 11.8 Å². The van der Waals surface area contributed by atoms with Crippen molar-refractivity contribution in [2.45, 2.75) is 13.8 Å². The summed E-state index contributed by atoms with van der Waals surface area (Å²) in [6.45, 7) is 4.55. The SMILES string of the molecule is CC(C)CNC(=O)c1ccccc1NC(=O)/C=C/c1ccc(NS(C)(=O)=O)cc1. The van der Waals surface area contributed by atoms with E-state index in [1.165, 1.54) is 6.08 Å². The van der Waals surface area contributed by atoms with Crippen LogP contribution < -0.4 is 15.4 Å². The van der Waals surface area contributed by atoms with Crippen LogP contribution in [0.25, 0.3) is 6.08 Å². The first-order valence-corrected chi connectivity index (χ1v) is 11.0. The first kappa shape index (κ1) is 22.2. The number of carbonyl (C=O) groups excluding carboxylic acids is 2. The summed E-state index contributed by atoms with van der Waals surface area (Å²) in [5.41, 5.74) is 1.99. The maximum atomic E-state index is 12.3. The average molecular weight is 416 g/mol. The van der Waals surface area contributed by atoms with Crippen molar-refractivity contribution in [2.24, 2.45) is 5.92 Å². The second kappa shape index (κ2) is 9.88. The van der Waals surface area contributed by atoms with E-state index in [1.54, 1.807) is 54.6 Å². The molecule has 0 fully saturated rings. The zero-order chi connectivity index (χ0) is 21.4. The van der Waals surface area contributed by atoms with Gasteiger partial charge in [0.05, 0.1) is 17.5 Å². The van der Waals surface area contributed by atoms with Crippen molar-refractivity contribution in [3.8, 4) is 0 Å². The topological polar surface area (TPSA) is 104 Å². The highest BCUT2D eigenvalue weighted by Crippen LogP contribution is 2.16. The fourth-order valence-electron chi connectivity index (χ4n) is 2.40. The number of sulfonamides is 1. The summed E-state index contributed by atoms with van der Waals surface area (Å²) in [6.07, 6.45) is 4.02. The fourth-order valence-corrected chi connectivity index (χ4v) is 2.97. The van der Waals surface area contributed by atoms with Crippen molar-refractivity contribution in [1.82, 2.24) is 5.32 Å². The van der Waals surface area contributed by atoms with E-state index < -0.39 is 10.0 Å². The third-order valence-corrected chi connectivity index (χ3v) is 4.35. The number of benzene rings is 2. The summed E-state index contributed by atoms with van der Waals surface area (Å²) >= 11 is 0. The molecular weight excluding hydrogens is 390 g/mol. The smallest absolute Gasteiger partial charge is 0.253 e. The zero-order valence-corrected chi connectivity index (χ0v) is 17.4. The summed E-state index contributed by atoms with van der Waals surface area (Å²) in [7, 11) is -3.34. The lowest BCUT2D eigenvalue weighted by Crippen LogP contribution is -2.28. The van der Waals surface area contributed by atoms with Crippen molar-refractivity contribution in [3.63, 3.8) is 0 Å². The molecule has 3 N–H and O–H groups in total. The summed E-state index contributed by atoms with van der Waals surface area (Å²) in [6, 6.07) is 13.4. The summed E-state index contributed by atoms with van der Waals surface area (Å²) in [5.74, 6) is -0.303. The number of nitrogens with one attached hydrogen (secondary N) is 3. The van der Waals surface area contributed by atoms with Crippen LogP contribution in [-0.4, -0.2) is 33.0 Å². The Bertz CT molecular complexity index is 997. The molecule has 2 rings (SSSR count). The Kier molecular flexibility index (Phi) is 7.55. The lowest BCUT2D eigenvalue weighted by molar-refractivity contribution is -0.111. The van der Waals surface area contributed by atoms with Gasteiger partial charge < -0.3 is 10.6 Å². The van der Waals surface area contributed by atoms with Gasteiger partial charge in [-0.2, -0.15) is 0 Å². The molecule has 29 heavy (non-hydrogen) atoms. The Morgan fingerprint density at radius 3 is 2.31 bits per heavy atom. The van der Waals surface area contributed by atoms with Crippen LogP contribution in [0.5, 0.6) is 0 Å². The van der Waals surface area contributed by atoms with Gasteiger partial charge in [0.2, 0.25) is 15.9 Å². The first-order chi connectivity index (χ1) is 13.6. The van der Waals surface area contributed by atoms with E-state index >= 15 is 0 Å². The molecule has 0 bridgehead atoms. The average Bonchev–Trinajstić information content (AvgIpc) is 2.65. The maximum Gasteiger partial charge on any atom is 0.253 e. The van der Waals surface area contributed by atoms with E-state index in [4.69, 9.17) is 0 Å². The number of para-hydroxylation sites is 1. The number of carbonyl (C=O) groups is 2. The third kappa shape index (κ3) is 7.79. The van der Waals surface area contributed by atoms with Crippen LogP contribution in [-0.2, 0) is 14.8 Å². The molecule has 154 valence electrons. The number of hydrogen-bond donors (Lipinski definition) is 3. The molecule has 0 radical (unpaired) electrons. The Morgan fingerprint density at radius 2 is 1.69 bits per heavy atom. The van der Waals surface area contributed by atoms with Crippen LogP contribution in [0.15, 0.2) is 54.6 Å². The maximum absolute atomic E-state index is 12.3. The quantitative estimate of drug-likeness (QED) is 0.576. The van der Waals surface area contributed by atoms with Gasteiger partial charge >= 0.3 is 0 Å². The molecule has 0 atom stereocenters. The van der Waals surface area contributed by atoms with Crippen LogP contribution in [0, 0.1) is 5.92 Å². The van der Waals surface area contributed by atoms with E-state index in [0.29, 0.717) is 29.4 Å². The standard InChI is InChI=1S/C21H25N3O4S/c1-15(2)14-22-21(26)18-6-4-5-7-19(18)23-20(25)13-10-16-8-11-17(12-9-16)24-29(3,27)28/h4-13,15,24H,14H2,1-3H3,(H,22,26)(H,23,25)/b13-10+. The lowest BCUT2D eigenvalue weighted by atomic mass is 10.1. The van der Waals surface area contributed by atoms with E-state index in [2.05, 4.69) is 15.4 Å². The molecule has 0 aromatic heterocycles. The van der Waals surface area contributed by atoms with Gasteiger partial charge in [0.1, 0.15) is 0 Å². The Morgan fingerprint density at radius 1 is 1.03 bits per heavy atom. The second-order valence-electron chi connectivity index (χ2n) is 6.97. The van der Waals surface area contributed by atoms with Crippen LogP contribution >= 0.6 is 0 Å². The van der Waals surface area contributed by atoms with Gasteiger partial charge in [-0.25, -0.2) is 8.42 Å². The zero-order valence-electron chi connectivity index (χ0n) is 16.6. The second-order valence-corrected chi connectivity index (χ2v) is 8.72. The van der Waals surface area contributed by atoms with Gasteiger partial charge in [0.25, 0.3) is 5.91 Å². The van der Waals surface area contributed by atoms with Gasteiger partial charge in [-0.3, -0.25) is 14.3 Å². The molecule has 7 nitrogen and oxygen atoms in total. The predicted molar refractivity (Wildman–Crippen MR) is 116 cm³/mol. The number of hydrogen-bond acceptors (Lipinski definition) is 4. The molecular formula is C21H25N3O4S. The molecule has 0 saturated carbocycles. The lowest BCUT2D eigenvalue weighted by Gasteiger charge is -2.11. The van der Waals surface area contributed by atoms with Crippen LogP contribution in [0.4, 0.5) is 11.4 Å². The highest BCUT2D eigenvalue weighted by molar-refractivity contribution is 7.92. The molecule has 0 aliphatic rings. The Hall–Kier alpha value is -3.13. The van der Waals surface area contributed by atoms with Gasteiger partial charge in [-0.1, -0.05) is 38.1 Å². The van der Waals surface area contributed by atoms with Gasteiger partial charge in [-0.15, -0.1) is 0 Å². The summed E-state index contributed by atoms with van der Waals surface area (Å²) in [5, 5.41) is 5.55. The number of amides is 2. The third-order valence-electron chi connectivity index (χ3n) is 3.74. The molecule has 2 aromatic rings. The first-order valence-electron chi connectivity index (χ1n) is 9.08. The minimum Gasteiger partial charge on any atom is -0.352 e. The van der Waals surface area contributed by atoms with Gasteiger partial charge in [0, 0.05) is 18.3 Å². The highest BCUT2D eigenvalue weighted by Gasteiger charge is 2.12. The minimum absolute atomic E-state index is 0.243. The fraction of sp³-hybridized carbons (Fsp3) is 0.238. The Labute approximate surface area is 171 Å². The number of rotatable bonds is 8. The van der Waals surface area contributed by atoms with E-state index in [1.807, 2.05) is 13.8 Å². The van der Waals surface area contributed by atoms with Crippen molar-refractivity contribution in [1.29, 1.82) is 0 Å². The summed E-state index contributed by atoms with van der Waals surface area (Å²) < 4.78 is 24.8. The normalized spacial score (nSPS) is 11.4. The van der Waals surface area contributed by atoms with E-state index in [9.17, 15) is 18.0 Å². The van der Waals surface area contributed by atoms with Crippen molar-refractivity contribution in [2.75, 3.05) is 22.8 Å². The Balaban J connectivity index is 2.03.